The van der Waals surface area contributed by atoms with Crippen LogP contribution in [0.4, 0.5) is 5.82 Å². The number of hydrogen-bond donors (Lipinski definition) is 1. The third kappa shape index (κ3) is 5.12. The Bertz CT molecular complexity index is 1040. The smallest absolute Gasteiger partial charge is 0.254 e. The minimum atomic E-state index is -0.155. The van der Waals surface area contributed by atoms with E-state index in [1.807, 2.05) is 59.5 Å². The lowest BCUT2D eigenvalue weighted by Crippen LogP contribution is -2.41. The maximum atomic E-state index is 13.1. The number of anilines is 1. The van der Waals surface area contributed by atoms with Crippen molar-refractivity contribution in [1.29, 1.82) is 0 Å². The molecule has 7 heteroatoms. The molecular weight excluding hydrogens is 394 g/mol. The van der Waals surface area contributed by atoms with Gasteiger partial charge in [0, 0.05) is 36.2 Å². The number of carbonyl (C=O) groups excluding carboxylic acids is 2. The summed E-state index contributed by atoms with van der Waals surface area (Å²) in [6.07, 6.45) is 1.22. The van der Waals surface area contributed by atoms with Gasteiger partial charge in [0.1, 0.15) is 18.1 Å². The molecule has 1 aromatic heterocycles. The second kappa shape index (κ2) is 9.47. The quantitative estimate of drug-likeness (QED) is 0.652. The highest BCUT2D eigenvalue weighted by molar-refractivity contribution is 5.96. The van der Waals surface area contributed by atoms with E-state index in [4.69, 9.17) is 9.26 Å². The fourth-order valence-corrected chi connectivity index (χ4v) is 3.70. The third-order valence-electron chi connectivity index (χ3n) is 5.42. The Morgan fingerprint density at radius 1 is 1.10 bits per heavy atom. The molecule has 1 saturated heterocycles. The molecular formula is C24H25N3O4. The Morgan fingerprint density at radius 3 is 2.52 bits per heavy atom. The van der Waals surface area contributed by atoms with Gasteiger partial charge in [0.25, 0.3) is 5.91 Å². The van der Waals surface area contributed by atoms with E-state index in [9.17, 15) is 9.59 Å². The summed E-state index contributed by atoms with van der Waals surface area (Å²) in [5, 5.41) is 6.58. The van der Waals surface area contributed by atoms with Crippen molar-refractivity contribution in [1.82, 2.24) is 10.1 Å². The zero-order valence-electron chi connectivity index (χ0n) is 17.4. The second-order valence-electron chi connectivity index (χ2n) is 7.64. The Labute approximate surface area is 181 Å². The molecule has 1 aliphatic heterocycles. The fourth-order valence-electron chi connectivity index (χ4n) is 3.70. The van der Waals surface area contributed by atoms with E-state index < -0.39 is 0 Å². The standard InChI is InChI=1S/C24H25N3O4/c1-17-15-22(26-31-17)25-23(28)18-11-13-27(14-12-18)24(29)21-10-6-5-7-19(21)16-30-20-8-3-2-4-9-20/h2-10,15,18H,11-14,16H2,1H3,(H,25,26,28). The number of aromatic nitrogens is 1. The molecule has 0 unspecified atom stereocenters. The van der Waals surface area contributed by atoms with E-state index in [-0.39, 0.29) is 17.7 Å². The minimum Gasteiger partial charge on any atom is -0.489 e. The Hall–Kier alpha value is -3.61. The summed E-state index contributed by atoms with van der Waals surface area (Å²) >= 11 is 0. The molecule has 0 radical (unpaired) electrons. The van der Waals surface area contributed by atoms with Crippen LogP contribution in [0.3, 0.4) is 0 Å². The lowest BCUT2D eigenvalue weighted by atomic mass is 9.95. The number of benzene rings is 2. The number of carbonyl (C=O) groups is 2. The predicted molar refractivity (Wildman–Crippen MR) is 116 cm³/mol. The zero-order valence-corrected chi connectivity index (χ0v) is 17.4. The number of nitrogens with one attached hydrogen (secondary N) is 1. The number of rotatable bonds is 6. The Balaban J connectivity index is 1.35. The van der Waals surface area contributed by atoms with Gasteiger partial charge in [0.05, 0.1) is 0 Å². The average molecular weight is 419 g/mol. The van der Waals surface area contributed by atoms with Gasteiger partial charge in [-0.15, -0.1) is 0 Å². The van der Waals surface area contributed by atoms with Crippen molar-refractivity contribution in [2.45, 2.75) is 26.4 Å². The van der Waals surface area contributed by atoms with Crippen LogP contribution in [0.5, 0.6) is 5.75 Å². The molecule has 2 heterocycles. The summed E-state index contributed by atoms with van der Waals surface area (Å²) in [4.78, 5) is 27.4. The molecule has 2 amide bonds. The highest BCUT2D eigenvalue weighted by atomic mass is 16.5. The van der Waals surface area contributed by atoms with Crippen LogP contribution in [0.15, 0.2) is 65.2 Å². The van der Waals surface area contributed by atoms with Gasteiger partial charge in [-0.3, -0.25) is 9.59 Å². The van der Waals surface area contributed by atoms with Crippen LogP contribution in [0.25, 0.3) is 0 Å². The lowest BCUT2D eigenvalue weighted by Gasteiger charge is -2.31. The van der Waals surface area contributed by atoms with Crippen molar-refractivity contribution in [3.8, 4) is 5.75 Å². The first-order chi connectivity index (χ1) is 15.1. The molecule has 2 aromatic carbocycles. The summed E-state index contributed by atoms with van der Waals surface area (Å²) in [6.45, 7) is 3.16. The number of amides is 2. The fraction of sp³-hybridized carbons (Fsp3) is 0.292. The van der Waals surface area contributed by atoms with Gasteiger partial charge >= 0.3 is 0 Å². The molecule has 0 bridgehead atoms. The first-order valence-corrected chi connectivity index (χ1v) is 10.4. The number of para-hydroxylation sites is 1. The molecule has 7 nitrogen and oxygen atoms in total. The van der Waals surface area contributed by atoms with Gasteiger partial charge in [-0.05, 0) is 38.0 Å². The molecule has 1 N–H and O–H groups in total. The summed E-state index contributed by atoms with van der Waals surface area (Å²) in [5.41, 5.74) is 1.48. The van der Waals surface area contributed by atoms with Gasteiger partial charge in [-0.1, -0.05) is 41.6 Å². The van der Waals surface area contributed by atoms with Crippen molar-refractivity contribution in [3.05, 3.63) is 77.6 Å². The molecule has 31 heavy (non-hydrogen) atoms. The van der Waals surface area contributed by atoms with Crippen molar-refractivity contribution in [2.24, 2.45) is 5.92 Å². The highest BCUT2D eigenvalue weighted by Gasteiger charge is 2.29. The van der Waals surface area contributed by atoms with E-state index >= 15 is 0 Å². The van der Waals surface area contributed by atoms with Gasteiger partial charge in [0.15, 0.2) is 5.82 Å². The van der Waals surface area contributed by atoms with Crippen LogP contribution in [0.1, 0.15) is 34.5 Å². The SMILES string of the molecule is Cc1cc(NC(=O)C2CCN(C(=O)c3ccccc3COc3ccccc3)CC2)no1. The number of nitrogens with zero attached hydrogens (tertiary/aromatic N) is 2. The van der Waals surface area contributed by atoms with Gasteiger partial charge in [-0.25, -0.2) is 0 Å². The monoisotopic (exact) mass is 419 g/mol. The number of ether oxygens (including phenoxy) is 1. The van der Waals surface area contributed by atoms with E-state index in [2.05, 4.69) is 10.5 Å². The molecule has 1 aliphatic rings. The van der Waals surface area contributed by atoms with Crippen molar-refractivity contribution >= 4 is 17.6 Å². The van der Waals surface area contributed by atoms with Crippen molar-refractivity contribution in [3.63, 3.8) is 0 Å². The van der Waals surface area contributed by atoms with Gasteiger partial charge in [-0.2, -0.15) is 0 Å². The average Bonchev–Trinajstić information content (AvgIpc) is 3.22. The number of aryl methyl sites for hydroxylation is 1. The second-order valence-corrected chi connectivity index (χ2v) is 7.64. The number of hydrogen-bond acceptors (Lipinski definition) is 5. The highest BCUT2D eigenvalue weighted by Crippen LogP contribution is 2.23. The van der Waals surface area contributed by atoms with Crippen LogP contribution >= 0.6 is 0 Å². The van der Waals surface area contributed by atoms with Crippen molar-refractivity contribution in [2.75, 3.05) is 18.4 Å². The normalized spacial score (nSPS) is 14.3. The van der Waals surface area contributed by atoms with Gasteiger partial charge < -0.3 is 19.5 Å². The van der Waals surface area contributed by atoms with E-state index in [1.165, 1.54) is 0 Å². The predicted octanol–water partition coefficient (Wildman–Crippen LogP) is 4.05. The van der Waals surface area contributed by atoms with Crippen LogP contribution in [-0.2, 0) is 11.4 Å². The van der Waals surface area contributed by atoms with Crippen LogP contribution in [0, 0.1) is 12.8 Å². The Kier molecular flexibility index (Phi) is 6.31. The first kappa shape index (κ1) is 20.7. The van der Waals surface area contributed by atoms with Crippen LogP contribution in [0.2, 0.25) is 0 Å². The maximum Gasteiger partial charge on any atom is 0.254 e. The zero-order chi connectivity index (χ0) is 21.6. The van der Waals surface area contributed by atoms with Crippen molar-refractivity contribution < 1.29 is 18.8 Å². The molecule has 4 rings (SSSR count). The molecule has 0 saturated carbocycles. The van der Waals surface area contributed by atoms with E-state index in [1.54, 1.807) is 13.0 Å². The lowest BCUT2D eigenvalue weighted by molar-refractivity contribution is -0.121. The van der Waals surface area contributed by atoms with E-state index in [0.29, 0.717) is 49.7 Å². The topological polar surface area (TPSA) is 84.7 Å². The maximum absolute atomic E-state index is 13.1. The molecule has 1 fully saturated rings. The van der Waals surface area contributed by atoms with Crippen LogP contribution in [-0.4, -0.2) is 35.0 Å². The third-order valence-corrected chi connectivity index (χ3v) is 5.42. The van der Waals surface area contributed by atoms with Crippen LogP contribution < -0.4 is 10.1 Å². The largest absolute Gasteiger partial charge is 0.489 e. The summed E-state index contributed by atoms with van der Waals surface area (Å²) in [5.74, 6) is 1.56. The summed E-state index contributed by atoms with van der Waals surface area (Å²) in [7, 11) is 0. The summed E-state index contributed by atoms with van der Waals surface area (Å²) in [6, 6.07) is 18.7. The molecule has 0 atom stereocenters. The Morgan fingerprint density at radius 2 is 1.81 bits per heavy atom. The van der Waals surface area contributed by atoms with E-state index in [0.717, 1.165) is 11.3 Å². The minimum absolute atomic E-state index is 0.0294. The first-order valence-electron chi connectivity index (χ1n) is 10.4. The number of piperidine rings is 1. The number of likely N-dealkylation sites (tertiary alicyclic amines) is 1. The molecule has 3 aromatic rings. The molecule has 0 spiro atoms. The summed E-state index contributed by atoms with van der Waals surface area (Å²) < 4.78 is 10.8. The van der Waals surface area contributed by atoms with Gasteiger partial charge in [0.2, 0.25) is 5.91 Å². The molecule has 0 aliphatic carbocycles. The molecule has 160 valence electrons.